The molecule has 1 fully saturated rings. The molecule has 0 spiro atoms. The number of hydrogen-bond acceptors (Lipinski definition) is 2. The van der Waals surface area contributed by atoms with Crippen LogP contribution in [0.15, 0.2) is 164 Å². The van der Waals surface area contributed by atoms with Crippen LogP contribution >= 0.6 is 0 Å². The molecule has 0 unspecified atom stereocenters. The van der Waals surface area contributed by atoms with Gasteiger partial charge in [0.05, 0.1) is 33.3 Å². The van der Waals surface area contributed by atoms with E-state index in [1.807, 2.05) is 0 Å². The Morgan fingerprint density at radius 2 is 0.830 bits per heavy atom. The third-order valence-electron chi connectivity index (χ3n) is 11.5. The molecule has 0 bridgehead atoms. The summed E-state index contributed by atoms with van der Waals surface area (Å²) in [6.45, 7) is 8.46. The molecule has 4 nitrogen and oxygen atoms in total. The van der Waals surface area contributed by atoms with Crippen molar-refractivity contribution < 1.29 is 9.31 Å². The molecule has 0 saturated carbocycles. The Kier molecular flexibility index (Phi) is 7.10. The molecule has 0 N–H and O–H groups in total. The lowest BCUT2D eigenvalue weighted by molar-refractivity contribution is 0.00578. The van der Waals surface area contributed by atoms with E-state index in [-0.39, 0.29) is 0 Å². The van der Waals surface area contributed by atoms with Gasteiger partial charge in [0.25, 0.3) is 0 Å². The van der Waals surface area contributed by atoms with Crippen LogP contribution in [-0.4, -0.2) is 27.5 Å². The lowest BCUT2D eigenvalue weighted by Crippen LogP contribution is -2.41. The zero-order valence-electron chi connectivity index (χ0n) is 30.4. The normalized spacial score (nSPS) is 15.3. The van der Waals surface area contributed by atoms with Gasteiger partial charge >= 0.3 is 7.12 Å². The average molecular weight is 687 g/mol. The van der Waals surface area contributed by atoms with Crippen molar-refractivity contribution in [3.8, 4) is 33.6 Å². The second-order valence-corrected chi connectivity index (χ2v) is 15.3. The van der Waals surface area contributed by atoms with E-state index in [0.717, 1.165) is 39.1 Å². The van der Waals surface area contributed by atoms with E-state index < -0.39 is 18.3 Å². The Morgan fingerprint density at radius 3 is 1.43 bits per heavy atom. The van der Waals surface area contributed by atoms with Gasteiger partial charge in [-0.3, -0.25) is 0 Å². The molecular formula is C48H39BN2O2. The van der Waals surface area contributed by atoms with Crippen LogP contribution in [-0.2, 0) is 9.31 Å². The SMILES string of the molecule is CC1(C)OB(c2cc(-c3ccc4c(c3)c3ccccc3n4-c3ccccc3)cc(-c3ccc4c5ccccc5n(-c5ccccc5)c4c3)c2)OC1(C)C. The van der Waals surface area contributed by atoms with Crippen molar-refractivity contribution in [1.82, 2.24) is 9.13 Å². The molecule has 3 heterocycles. The number of hydrogen-bond donors (Lipinski definition) is 0. The monoisotopic (exact) mass is 686 g/mol. The number of benzene rings is 7. The summed E-state index contributed by atoms with van der Waals surface area (Å²) in [6.07, 6.45) is 0. The van der Waals surface area contributed by atoms with Crippen molar-refractivity contribution in [3.05, 3.63) is 164 Å². The lowest BCUT2D eigenvalue weighted by atomic mass is 9.76. The third kappa shape index (κ3) is 5.07. The number of fused-ring (bicyclic) bond motifs is 6. The molecule has 1 aliphatic rings. The summed E-state index contributed by atoms with van der Waals surface area (Å²) >= 11 is 0. The van der Waals surface area contributed by atoms with Crippen LogP contribution in [0.3, 0.4) is 0 Å². The molecule has 53 heavy (non-hydrogen) atoms. The minimum Gasteiger partial charge on any atom is -0.399 e. The first-order valence-electron chi connectivity index (χ1n) is 18.4. The van der Waals surface area contributed by atoms with Gasteiger partial charge in [-0.2, -0.15) is 0 Å². The van der Waals surface area contributed by atoms with E-state index in [4.69, 9.17) is 9.31 Å². The summed E-state index contributed by atoms with van der Waals surface area (Å²) in [7, 11) is -0.498. The number of aromatic nitrogens is 2. The summed E-state index contributed by atoms with van der Waals surface area (Å²) in [5.74, 6) is 0. The summed E-state index contributed by atoms with van der Waals surface area (Å²) in [5, 5.41) is 4.93. The van der Waals surface area contributed by atoms with Crippen LogP contribution < -0.4 is 5.46 Å². The Labute approximate surface area is 310 Å². The van der Waals surface area contributed by atoms with Crippen molar-refractivity contribution in [2.24, 2.45) is 0 Å². The third-order valence-corrected chi connectivity index (χ3v) is 11.5. The van der Waals surface area contributed by atoms with Crippen LogP contribution in [0.1, 0.15) is 27.7 Å². The fourth-order valence-electron chi connectivity index (χ4n) is 8.11. The molecule has 9 aromatic rings. The Morgan fingerprint density at radius 1 is 0.377 bits per heavy atom. The van der Waals surface area contributed by atoms with Crippen molar-refractivity contribution in [3.63, 3.8) is 0 Å². The highest BCUT2D eigenvalue weighted by Gasteiger charge is 2.51. The maximum atomic E-state index is 6.67. The molecule has 7 aromatic carbocycles. The molecule has 0 radical (unpaired) electrons. The molecule has 1 aliphatic heterocycles. The van der Waals surface area contributed by atoms with E-state index in [2.05, 4.69) is 201 Å². The van der Waals surface area contributed by atoms with E-state index >= 15 is 0 Å². The van der Waals surface area contributed by atoms with E-state index in [9.17, 15) is 0 Å². The zero-order valence-corrected chi connectivity index (χ0v) is 30.4. The van der Waals surface area contributed by atoms with Gasteiger partial charge in [0.2, 0.25) is 0 Å². The first-order chi connectivity index (χ1) is 25.8. The smallest absolute Gasteiger partial charge is 0.399 e. The highest BCUT2D eigenvalue weighted by atomic mass is 16.7. The van der Waals surface area contributed by atoms with Crippen molar-refractivity contribution in [2.45, 2.75) is 38.9 Å². The van der Waals surface area contributed by atoms with Gasteiger partial charge < -0.3 is 18.4 Å². The van der Waals surface area contributed by atoms with Gasteiger partial charge in [0, 0.05) is 32.9 Å². The predicted molar refractivity (Wildman–Crippen MR) is 222 cm³/mol. The summed E-state index contributed by atoms with van der Waals surface area (Å²) in [6, 6.07) is 59.2. The highest BCUT2D eigenvalue weighted by molar-refractivity contribution is 6.62. The summed E-state index contributed by atoms with van der Waals surface area (Å²) < 4.78 is 18.1. The highest BCUT2D eigenvalue weighted by Crippen LogP contribution is 2.40. The van der Waals surface area contributed by atoms with Crippen LogP contribution in [0.2, 0.25) is 0 Å². The molecule has 1 saturated heterocycles. The average Bonchev–Trinajstić information content (AvgIpc) is 3.78. The second kappa shape index (κ2) is 11.8. The van der Waals surface area contributed by atoms with Crippen LogP contribution in [0.4, 0.5) is 0 Å². The summed E-state index contributed by atoms with van der Waals surface area (Å²) in [5.41, 5.74) is 11.7. The van der Waals surface area contributed by atoms with Crippen molar-refractivity contribution in [1.29, 1.82) is 0 Å². The Bertz CT molecular complexity index is 2830. The molecular weight excluding hydrogens is 647 g/mol. The van der Waals surface area contributed by atoms with E-state index in [0.29, 0.717) is 0 Å². The standard InChI is InChI=1S/C48H39BN2O2/c1-47(2)48(3,4)53-49(52-47)36-28-34(32-24-26-45-42(30-32)40-20-12-14-22-44(40)50(45)37-15-7-5-8-16-37)27-35(29-36)33-23-25-41-39-19-11-13-21-43(39)51(46(41)31-33)38-17-9-6-10-18-38/h5-31H,1-4H3. The van der Waals surface area contributed by atoms with Crippen molar-refractivity contribution in [2.75, 3.05) is 0 Å². The first-order valence-corrected chi connectivity index (χ1v) is 18.4. The van der Waals surface area contributed by atoms with Crippen LogP contribution in [0.5, 0.6) is 0 Å². The van der Waals surface area contributed by atoms with Crippen molar-refractivity contribution >= 4 is 56.2 Å². The fraction of sp³-hybridized carbons (Fsp3) is 0.125. The quantitative estimate of drug-likeness (QED) is 0.169. The number of nitrogens with zero attached hydrogens (tertiary/aromatic N) is 2. The zero-order chi connectivity index (χ0) is 35.9. The molecule has 0 aliphatic carbocycles. The van der Waals surface area contributed by atoms with Gasteiger partial charge in [0.1, 0.15) is 0 Å². The summed E-state index contributed by atoms with van der Waals surface area (Å²) in [4.78, 5) is 0. The Hall–Kier alpha value is -5.88. The van der Waals surface area contributed by atoms with Gasteiger partial charge in [-0.15, -0.1) is 0 Å². The second-order valence-electron chi connectivity index (χ2n) is 15.3. The van der Waals surface area contributed by atoms with E-state index in [1.165, 1.54) is 43.6 Å². The molecule has 2 aromatic heterocycles. The fourth-order valence-corrected chi connectivity index (χ4v) is 8.11. The molecule has 0 atom stereocenters. The van der Waals surface area contributed by atoms with Crippen LogP contribution in [0.25, 0.3) is 77.2 Å². The molecule has 256 valence electrons. The van der Waals surface area contributed by atoms with Gasteiger partial charge in [0.15, 0.2) is 0 Å². The number of rotatable bonds is 5. The first kappa shape index (κ1) is 31.8. The van der Waals surface area contributed by atoms with Gasteiger partial charge in [-0.25, -0.2) is 0 Å². The maximum Gasteiger partial charge on any atom is 0.494 e. The van der Waals surface area contributed by atoms with Crippen LogP contribution in [0, 0.1) is 0 Å². The molecule has 5 heteroatoms. The number of para-hydroxylation sites is 4. The largest absolute Gasteiger partial charge is 0.494 e. The topological polar surface area (TPSA) is 28.3 Å². The molecule has 0 amide bonds. The van der Waals surface area contributed by atoms with Gasteiger partial charge in [-0.1, -0.05) is 103 Å². The molecule has 10 rings (SSSR count). The minimum absolute atomic E-state index is 0.457. The maximum absolute atomic E-state index is 6.67. The van der Waals surface area contributed by atoms with E-state index in [1.54, 1.807) is 0 Å². The predicted octanol–water partition coefficient (Wildman–Crippen LogP) is 11.5. The minimum atomic E-state index is -0.498. The van der Waals surface area contributed by atoms with Gasteiger partial charge in [-0.05, 0) is 116 Å². The lowest BCUT2D eigenvalue weighted by Gasteiger charge is -2.32. The Balaban J connectivity index is 1.19.